The lowest BCUT2D eigenvalue weighted by molar-refractivity contribution is -0.284. The zero-order chi connectivity index (χ0) is 27.0. The van der Waals surface area contributed by atoms with Gasteiger partial charge in [0.05, 0.1) is 30.7 Å². The van der Waals surface area contributed by atoms with Crippen LogP contribution in [0.1, 0.15) is 18.9 Å². The molecule has 2 aromatic rings. The van der Waals surface area contributed by atoms with E-state index in [9.17, 15) is 48.0 Å². The summed E-state index contributed by atoms with van der Waals surface area (Å²) in [5.41, 5.74) is -3.21. The summed E-state index contributed by atoms with van der Waals surface area (Å²) in [6, 6.07) is 1.42. The van der Waals surface area contributed by atoms with Crippen molar-refractivity contribution in [2.24, 2.45) is 0 Å². The Kier molecular flexibility index (Phi) is 7.61. The van der Waals surface area contributed by atoms with Crippen molar-refractivity contribution in [1.82, 2.24) is 5.32 Å². The van der Waals surface area contributed by atoms with E-state index in [2.05, 4.69) is 5.32 Å². The molecule has 0 spiro atoms. The molecule has 1 aliphatic heterocycles. The van der Waals surface area contributed by atoms with Crippen molar-refractivity contribution in [3.63, 3.8) is 0 Å². The number of aliphatic carboxylic acids is 1. The normalized spacial score (nSPS) is 26.3. The number of carboxylic acid groups (broad SMARTS) is 1. The molecular weight excluding hydrogens is 499 g/mol. The molecule has 0 bridgehead atoms. The molecule has 198 valence electrons. The quantitative estimate of drug-likeness (QED) is 0.253. The third-order valence-corrected chi connectivity index (χ3v) is 5.49. The first-order chi connectivity index (χ1) is 16.7. The van der Waals surface area contributed by atoms with Gasteiger partial charge in [0.1, 0.15) is 29.6 Å². The topological polar surface area (TPSA) is 196 Å². The number of carboxylic acids is 1. The molecule has 3 rings (SSSR count). The van der Waals surface area contributed by atoms with Crippen LogP contribution in [0.5, 0.6) is 5.75 Å². The van der Waals surface area contributed by atoms with Crippen molar-refractivity contribution in [1.29, 1.82) is 0 Å². The molecule has 6 atom stereocenters. The van der Waals surface area contributed by atoms with Crippen LogP contribution in [0, 0.1) is 0 Å². The number of carbonyl (C=O) groups is 2. The Morgan fingerprint density at radius 3 is 2.50 bits per heavy atom. The summed E-state index contributed by atoms with van der Waals surface area (Å²) in [7, 11) is 0. The Balaban J connectivity index is 2.05. The van der Waals surface area contributed by atoms with E-state index in [1.165, 1.54) is 0 Å². The number of aliphatic hydroxyl groups excluding tert-OH is 4. The molecule has 15 heteroatoms. The molecule has 1 fully saturated rings. The van der Waals surface area contributed by atoms with E-state index in [-0.39, 0.29) is 6.07 Å². The molecule has 36 heavy (non-hydrogen) atoms. The molecular formula is C21H22F3NO11. The number of fused-ring (bicyclic) bond motifs is 1. The van der Waals surface area contributed by atoms with Crippen molar-refractivity contribution in [3.8, 4) is 5.75 Å². The van der Waals surface area contributed by atoms with E-state index in [1.54, 1.807) is 0 Å². The Bertz CT molecular complexity index is 1200. The molecule has 0 radical (unpaired) electrons. The molecule has 12 nitrogen and oxygen atoms in total. The second kappa shape index (κ2) is 10.0. The maximum Gasteiger partial charge on any atom is 0.417 e. The number of hydrogen-bond acceptors (Lipinski definition) is 10. The molecule has 1 aromatic heterocycles. The lowest BCUT2D eigenvalue weighted by Crippen LogP contribution is -2.68. The second-order valence-corrected chi connectivity index (χ2v) is 8.12. The van der Waals surface area contributed by atoms with Crippen LogP contribution in [0.15, 0.2) is 33.5 Å². The highest BCUT2D eigenvalue weighted by molar-refractivity contribution is 5.82. The lowest BCUT2D eigenvalue weighted by Gasteiger charge is -2.46. The molecule has 1 amide bonds. The van der Waals surface area contributed by atoms with Gasteiger partial charge < -0.3 is 44.7 Å². The first-order valence-corrected chi connectivity index (χ1v) is 10.4. The van der Waals surface area contributed by atoms with Gasteiger partial charge in [0.2, 0.25) is 5.91 Å². The monoisotopic (exact) mass is 521 g/mol. The highest BCUT2D eigenvalue weighted by Crippen LogP contribution is 2.38. The van der Waals surface area contributed by atoms with Crippen molar-refractivity contribution in [3.05, 3.63) is 40.2 Å². The van der Waals surface area contributed by atoms with Gasteiger partial charge in [0, 0.05) is 24.4 Å². The Morgan fingerprint density at radius 2 is 1.94 bits per heavy atom. The first kappa shape index (κ1) is 27.3. The summed E-state index contributed by atoms with van der Waals surface area (Å²) in [4.78, 5) is 35.4. The number of carbonyl (C=O) groups excluding carboxylic acids is 1. The number of amides is 1. The number of hydrogen-bond donors (Lipinski definition) is 6. The smallest absolute Gasteiger partial charge is 0.417 e. The Hall–Kier alpha value is -3.24. The van der Waals surface area contributed by atoms with Gasteiger partial charge in [-0.25, -0.2) is 9.59 Å². The fourth-order valence-corrected chi connectivity index (χ4v) is 3.86. The van der Waals surface area contributed by atoms with Crippen LogP contribution < -0.4 is 15.7 Å². The largest absolute Gasteiger partial charge is 0.476 e. The molecule has 1 aliphatic rings. The van der Waals surface area contributed by atoms with Gasteiger partial charge >= 0.3 is 23.6 Å². The van der Waals surface area contributed by atoms with Crippen molar-refractivity contribution in [2.75, 3.05) is 6.61 Å². The summed E-state index contributed by atoms with van der Waals surface area (Å²) >= 11 is 0. The second-order valence-electron chi connectivity index (χ2n) is 8.12. The predicted octanol–water partition coefficient (Wildman–Crippen LogP) is -0.660. The van der Waals surface area contributed by atoms with Gasteiger partial charge in [-0.15, -0.1) is 0 Å². The highest BCUT2D eigenvalue weighted by atomic mass is 19.4. The van der Waals surface area contributed by atoms with E-state index < -0.39 is 95.2 Å². The van der Waals surface area contributed by atoms with E-state index in [0.717, 1.165) is 25.1 Å². The summed E-state index contributed by atoms with van der Waals surface area (Å²) < 4.78 is 55.5. The number of halogens is 3. The zero-order valence-corrected chi connectivity index (χ0v) is 18.4. The van der Waals surface area contributed by atoms with Crippen LogP contribution in [-0.4, -0.2) is 80.3 Å². The zero-order valence-electron chi connectivity index (χ0n) is 18.4. The van der Waals surface area contributed by atoms with Gasteiger partial charge in [-0.3, -0.25) is 4.79 Å². The first-order valence-electron chi connectivity index (χ1n) is 10.4. The summed E-state index contributed by atoms with van der Waals surface area (Å²) in [5, 5.41) is 51.7. The van der Waals surface area contributed by atoms with Crippen LogP contribution >= 0.6 is 0 Å². The van der Waals surface area contributed by atoms with E-state index in [1.807, 2.05) is 0 Å². The molecule has 1 saturated heterocycles. The van der Waals surface area contributed by atoms with E-state index in [4.69, 9.17) is 19.0 Å². The van der Waals surface area contributed by atoms with E-state index >= 15 is 0 Å². The average Bonchev–Trinajstić information content (AvgIpc) is 2.77. The number of ether oxygens (including phenoxy) is 2. The number of rotatable bonds is 7. The maximum absolute atomic E-state index is 13.3. The fraction of sp³-hybridized carbons (Fsp3) is 0.476. The highest BCUT2D eigenvalue weighted by Gasteiger charge is 2.56. The van der Waals surface area contributed by atoms with Crippen molar-refractivity contribution >= 4 is 22.8 Å². The summed E-state index contributed by atoms with van der Waals surface area (Å²) in [6.07, 6.45) is -13.2. The Labute approximate surface area is 199 Å². The minimum atomic E-state index is -4.90. The number of benzene rings is 1. The number of alkyl halides is 3. The van der Waals surface area contributed by atoms with Gasteiger partial charge in [0.25, 0.3) is 0 Å². The lowest BCUT2D eigenvalue weighted by atomic mass is 9.88. The predicted molar refractivity (Wildman–Crippen MR) is 111 cm³/mol. The van der Waals surface area contributed by atoms with Crippen LogP contribution in [0.3, 0.4) is 0 Å². The van der Waals surface area contributed by atoms with E-state index in [0.29, 0.717) is 0 Å². The third-order valence-electron chi connectivity index (χ3n) is 5.49. The number of nitrogens with one attached hydrogen (secondary N) is 1. The molecule has 2 heterocycles. The van der Waals surface area contributed by atoms with Crippen LogP contribution in [0.25, 0.3) is 11.0 Å². The Morgan fingerprint density at radius 1 is 1.28 bits per heavy atom. The maximum atomic E-state index is 13.3. The summed E-state index contributed by atoms with van der Waals surface area (Å²) in [5.74, 6) is -5.78. The average molecular weight is 521 g/mol. The minimum Gasteiger partial charge on any atom is -0.476 e. The minimum absolute atomic E-state index is 0.253. The van der Waals surface area contributed by atoms with Crippen LogP contribution in [0.4, 0.5) is 13.2 Å². The van der Waals surface area contributed by atoms with Gasteiger partial charge in [-0.2, -0.15) is 13.2 Å². The molecule has 0 aliphatic carbocycles. The molecule has 0 saturated carbocycles. The number of aliphatic hydroxyl groups is 4. The molecule has 0 unspecified atom stereocenters. The third kappa shape index (κ3) is 5.44. The van der Waals surface area contributed by atoms with Crippen molar-refractivity contribution in [2.45, 2.75) is 55.8 Å². The summed E-state index contributed by atoms with van der Waals surface area (Å²) in [6.45, 7) is 0.0718. The standard InChI is InChI=1S/C21H22F3NO11/c1-8(27)25-16-12(28)6-20(19(32)33,36-18(16)17(31)13(29)7-26)35-9-2-3-10-11(21(22,23)24)5-15(30)34-14(10)4-9/h2-5,12-13,16-18,26,28-29,31H,6-7H2,1H3,(H,25,27)(H,32,33)/t12-,13+,16+,17+,18+,20-/m0/s1. The fourth-order valence-electron chi connectivity index (χ4n) is 3.86. The molecule has 6 N–H and O–H groups in total. The van der Waals surface area contributed by atoms with Gasteiger partial charge in [-0.1, -0.05) is 0 Å². The van der Waals surface area contributed by atoms with Gasteiger partial charge in [-0.05, 0) is 12.1 Å². The molecule has 1 aromatic carbocycles. The SMILES string of the molecule is CC(=O)N[C@H]1[C@H]([C@H](O)[C@H](O)CO)O[C@](Oc2ccc3c(C(F)(F)F)cc(=O)oc3c2)(C(=O)O)C[C@@H]1O. The van der Waals surface area contributed by atoms with Crippen LogP contribution in [0.2, 0.25) is 0 Å². The van der Waals surface area contributed by atoms with Gasteiger partial charge in [0.15, 0.2) is 0 Å². The van der Waals surface area contributed by atoms with Crippen LogP contribution in [-0.2, 0) is 20.5 Å². The van der Waals surface area contributed by atoms with Crippen molar-refractivity contribution < 1.29 is 62.2 Å².